The lowest BCUT2D eigenvalue weighted by atomic mass is 10.0. The van der Waals surface area contributed by atoms with Crippen molar-refractivity contribution in [1.29, 1.82) is 0 Å². The third-order valence-electron chi connectivity index (χ3n) is 3.20. The quantitative estimate of drug-likeness (QED) is 0.820. The maximum atomic E-state index is 11.8. The molecule has 0 saturated carbocycles. The van der Waals surface area contributed by atoms with Crippen LogP contribution in [0.2, 0.25) is 0 Å². The monoisotopic (exact) mass is 266 g/mol. The Morgan fingerprint density at radius 2 is 2.05 bits per heavy atom. The van der Waals surface area contributed by atoms with Gasteiger partial charge in [0, 0.05) is 13.6 Å². The number of carbonyl (C=O) groups is 2. The molecule has 5 nitrogen and oxygen atoms in total. The summed E-state index contributed by atoms with van der Waals surface area (Å²) in [6.45, 7) is 4.91. The van der Waals surface area contributed by atoms with E-state index in [-0.39, 0.29) is 24.1 Å². The summed E-state index contributed by atoms with van der Waals surface area (Å²) >= 11 is 0. The maximum absolute atomic E-state index is 11.8. The zero-order chi connectivity index (χ0) is 14.3. The number of hydrogen-bond donors (Lipinski definition) is 1. The minimum absolute atomic E-state index is 0.0414. The van der Waals surface area contributed by atoms with E-state index in [0.717, 1.165) is 12.8 Å². The van der Waals surface area contributed by atoms with Gasteiger partial charge < -0.3 is 14.6 Å². The van der Waals surface area contributed by atoms with Gasteiger partial charge in [-0.15, -0.1) is 0 Å². The number of carbonyl (C=O) groups excluding carboxylic acids is 2. The molecule has 0 aliphatic rings. The first-order valence-corrected chi connectivity index (χ1v) is 6.64. The van der Waals surface area contributed by atoms with E-state index in [1.54, 1.807) is 19.2 Å². The molecule has 19 heavy (non-hydrogen) atoms. The average molecular weight is 266 g/mol. The minimum atomic E-state index is -0.289. The second-order valence-electron chi connectivity index (χ2n) is 4.63. The molecule has 0 fully saturated rings. The summed E-state index contributed by atoms with van der Waals surface area (Å²) in [6.07, 6.45) is 3.52. The van der Waals surface area contributed by atoms with Crippen LogP contribution >= 0.6 is 0 Å². The van der Waals surface area contributed by atoms with Crippen LogP contribution in [0.3, 0.4) is 0 Å². The molecule has 1 rings (SSSR count). The van der Waals surface area contributed by atoms with Gasteiger partial charge in [-0.05, 0) is 18.1 Å². The van der Waals surface area contributed by atoms with Crippen molar-refractivity contribution in [2.75, 3.05) is 20.1 Å². The summed E-state index contributed by atoms with van der Waals surface area (Å²) in [5, 5.41) is 2.85. The van der Waals surface area contributed by atoms with Crippen molar-refractivity contribution in [1.82, 2.24) is 10.2 Å². The highest BCUT2D eigenvalue weighted by molar-refractivity contribution is 5.94. The molecule has 0 unspecified atom stereocenters. The van der Waals surface area contributed by atoms with Crippen molar-refractivity contribution in [3.8, 4) is 0 Å². The van der Waals surface area contributed by atoms with Crippen LogP contribution in [0.5, 0.6) is 0 Å². The van der Waals surface area contributed by atoms with Crippen LogP contribution in [-0.4, -0.2) is 36.9 Å². The van der Waals surface area contributed by atoms with Crippen LogP contribution in [0.15, 0.2) is 22.8 Å². The van der Waals surface area contributed by atoms with E-state index in [4.69, 9.17) is 4.42 Å². The van der Waals surface area contributed by atoms with Gasteiger partial charge in [0.15, 0.2) is 5.76 Å². The zero-order valence-corrected chi connectivity index (χ0v) is 11.8. The predicted octanol–water partition coefficient (Wildman–Crippen LogP) is 1.90. The number of hydrogen-bond acceptors (Lipinski definition) is 3. The molecule has 0 radical (unpaired) electrons. The van der Waals surface area contributed by atoms with Crippen LogP contribution < -0.4 is 5.32 Å². The van der Waals surface area contributed by atoms with Crippen molar-refractivity contribution in [3.63, 3.8) is 0 Å². The lowest BCUT2D eigenvalue weighted by Crippen LogP contribution is -2.39. The highest BCUT2D eigenvalue weighted by Crippen LogP contribution is 2.06. The van der Waals surface area contributed by atoms with Crippen LogP contribution in [0, 0.1) is 5.92 Å². The molecule has 1 N–H and O–H groups in total. The molecule has 106 valence electrons. The second kappa shape index (κ2) is 7.61. The molecule has 0 atom stereocenters. The number of nitrogens with zero attached hydrogens (tertiary/aromatic N) is 1. The molecule has 0 aliphatic heterocycles. The second-order valence-corrected chi connectivity index (χ2v) is 4.63. The third kappa shape index (κ3) is 4.77. The Balaban J connectivity index is 2.38. The highest BCUT2D eigenvalue weighted by atomic mass is 16.3. The van der Waals surface area contributed by atoms with E-state index < -0.39 is 0 Å². The fourth-order valence-corrected chi connectivity index (χ4v) is 1.77. The van der Waals surface area contributed by atoms with E-state index in [1.807, 2.05) is 0 Å². The van der Waals surface area contributed by atoms with Crippen LogP contribution in [-0.2, 0) is 4.79 Å². The lowest BCUT2D eigenvalue weighted by molar-refractivity contribution is -0.121. The number of rotatable bonds is 7. The molecular weight excluding hydrogens is 244 g/mol. The van der Waals surface area contributed by atoms with E-state index in [9.17, 15) is 9.59 Å². The molecule has 1 heterocycles. The smallest absolute Gasteiger partial charge is 0.289 e. The fourth-order valence-electron chi connectivity index (χ4n) is 1.77. The first kappa shape index (κ1) is 15.3. The van der Waals surface area contributed by atoms with Gasteiger partial charge in [-0.2, -0.15) is 0 Å². The molecule has 0 bridgehead atoms. The molecule has 1 aromatic heterocycles. The summed E-state index contributed by atoms with van der Waals surface area (Å²) in [4.78, 5) is 24.9. The first-order valence-electron chi connectivity index (χ1n) is 6.64. The Bertz CT molecular complexity index is 397. The Kier molecular flexibility index (Phi) is 6.12. The molecule has 1 aromatic rings. The van der Waals surface area contributed by atoms with Crippen LogP contribution in [0.25, 0.3) is 0 Å². The van der Waals surface area contributed by atoms with Gasteiger partial charge in [0.25, 0.3) is 5.91 Å². The standard InChI is InChI=1S/C14H22N2O3/c1-4-11(5-2)9-15-13(17)10-16(3)14(18)12-7-6-8-19-12/h6-8,11H,4-5,9-10H2,1-3H3,(H,15,17). The van der Waals surface area contributed by atoms with E-state index >= 15 is 0 Å². The first-order chi connectivity index (χ1) is 9.08. The Morgan fingerprint density at radius 1 is 1.37 bits per heavy atom. The Labute approximate surface area is 114 Å². The minimum Gasteiger partial charge on any atom is -0.459 e. The summed E-state index contributed by atoms with van der Waals surface area (Å²) in [7, 11) is 1.58. The van der Waals surface area contributed by atoms with Gasteiger partial charge in [-0.1, -0.05) is 26.7 Å². The Morgan fingerprint density at radius 3 is 2.58 bits per heavy atom. The van der Waals surface area contributed by atoms with Gasteiger partial charge >= 0.3 is 0 Å². The molecule has 0 aliphatic carbocycles. The molecule has 2 amide bonds. The number of furan rings is 1. The molecular formula is C14H22N2O3. The van der Waals surface area contributed by atoms with Crippen molar-refractivity contribution in [3.05, 3.63) is 24.2 Å². The average Bonchev–Trinajstić information content (AvgIpc) is 2.92. The molecule has 0 aromatic carbocycles. The van der Waals surface area contributed by atoms with Crippen molar-refractivity contribution in [2.45, 2.75) is 26.7 Å². The van der Waals surface area contributed by atoms with E-state index in [2.05, 4.69) is 19.2 Å². The number of likely N-dealkylation sites (N-methyl/N-ethyl adjacent to an activating group) is 1. The molecule has 0 spiro atoms. The van der Waals surface area contributed by atoms with Crippen LogP contribution in [0.1, 0.15) is 37.2 Å². The van der Waals surface area contributed by atoms with Crippen molar-refractivity contribution in [2.24, 2.45) is 5.92 Å². The van der Waals surface area contributed by atoms with E-state index in [0.29, 0.717) is 12.5 Å². The van der Waals surface area contributed by atoms with Crippen LogP contribution in [0.4, 0.5) is 0 Å². The summed E-state index contributed by atoms with van der Waals surface area (Å²) < 4.78 is 5.01. The van der Waals surface area contributed by atoms with Gasteiger partial charge in [0.2, 0.25) is 5.91 Å². The normalized spacial score (nSPS) is 10.5. The van der Waals surface area contributed by atoms with Crippen molar-refractivity contribution < 1.29 is 14.0 Å². The summed E-state index contributed by atoms with van der Waals surface area (Å²) in [5.74, 6) is 0.308. The molecule has 5 heteroatoms. The van der Waals surface area contributed by atoms with Crippen molar-refractivity contribution >= 4 is 11.8 Å². The molecule has 0 saturated heterocycles. The SMILES string of the molecule is CCC(CC)CNC(=O)CN(C)C(=O)c1ccco1. The number of nitrogens with one attached hydrogen (secondary N) is 1. The van der Waals surface area contributed by atoms with E-state index in [1.165, 1.54) is 11.2 Å². The third-order valence-corrected chi connectivity index (χ3v) is 3.20. The number of amides is 2. The summed E-state index contributed by atoms with van der Waals surface area (Å²) in [6, 6.07) is 3.23. The predicted molar refractivity (Wildman–Crippen MR) is 72.8 cm³/mol. The highest BCUT2D eigenvalue weighted by Gasteiger charge is 2.17. The van der Waals surface area contributed by atoms with Gasteiger partial charge in [0.05, 0.1) is 12.8 Å². The maximum Gasteiger partial charge on any atom is 0.289 e. The Hall–Kier alpha value is -1.78. The summed E-state index contributed by atoms with van der Waals surface area (Å²) in [5.41, 5.74) is 0. The topological polar surface area (TPSA) is 62.6 Å². The van der Waals surface area contributed by atoms with Gasteiger partial charge in [0.1, 0.15) is 0 Å². The largest absolute Gasteiger partial charge is 0.459 e. The fraction of sp³-hybridized carbons (Fsp3) is 0.571. The van der Waals surface area contributed by atoms with Gasteiger partial charge in [-0.25, -0.2) is 0 Å². The zero-order valence-electron chi connectivity index (χ0n) is 11.8. The van der Waals surface area contributed by atoms with Gasteiger partial charge in [-0.3, -0.25) is 9.59 Å². The lowest BCUT2D eigenvalue weighted by Gasteiger charge is -2.17.